The zero-order valence-electron chi connectivity index (χ0n) is 12.7. The van der Waals surface area contributed by atoms with Crippen LogP contribution in [0.3, 0.4) is 0 Å². The number of hydrogen-bond acceptors (Lipinski definition) is 4. The van der Waals surface area contributed by atoms with Crippen LogP contribution in [-0.4, -0.2) is 42.4 Å². The highest BCUT2D eigenvalue weighted by molar-refractivity contribution is 5.34. The van der Waals surface area contributed by atoms with E-state index >= 15 is 0 Å². The van der Waals surface area contributed by atoms with E-state index < -0.39 is 0 Å². The fourth-order valence-corrected chi connectivity index (χ4v) is 2.79. The van der Waals surface area contributed by atoms with Crippen LogP contribution in [0.15, 0.2) is 24.3 Å². The van der Waals surface area contributed by atoms with Crippen molar-refractivity contribution in [3.8, 4) is 11.8 Å². The SMILES string of the molecule is CC(O)C1CCCN(CCCOc2ccc(C#N)cc2)C1. The minimum atomic E-state index is -0.206. The number of likely N-dealkylation sites (tertiary alicyclic amines) is 1. The molecule has 1 N–H and O–H groups in total. The summed E-state index contributed by atoms with van der Waals surface area (Å²) in [6.45, 7) is 5.71. The van der Waals surface area contributed by atoms with Gasteiger partial charge in [-0.25, -0.2) is 0 Å². The summed E-state index contributed by atoms with van der Waals surface area (Å²) in [4.78, 5) is 2.42. The van der Waals surface area contributed by atoms with Gasteiger partial charge in [0.25, 0.3) is 0 Å². The number of hydrogen-bond donors (Lipinski definition) is 1. The van der Waals surface area contributed by atoms with Crippen molar-refractivity contribution in [2.45, 2.75) is 32.3 Å². The number of piperidine rings is 1. The second-order valence-electron chi connectivity index (χ2n) is 5.78. The molecule has 0 bridgehead atoms. The van der Waals surface area contributed by atoms with Gasteiger partial charge in [-0.2, -0.15) is 5.26 Å². The fraction of sp³-hybridized carbons (Fsp3) is 0.588. The van der Waals surface area contributed by atoms with Crippen molar-refractivity contribution < 1.29 is 9.84 Å². The van der Waals surface area contributed by atoms with Crippen molar-refractivity contribution in [2.75, 3.05) is 26.2 Å². The molecule has 2 atom stereocenters. The van der Waals surface area contributed by atoms with E-state index in [4.69, 9.17) is 10.00 Å². The van der Waals surface area contributed by atoms with Gasteiger partial charge in [0.1, 0.15) is 5.75 Å². The number of aliphatic hydroxyl groups excluding tert-OH is 1. The number of nitriles is 1. The van der Waals surface area contributed by atoms with Gasteiger partial charge in [-0.15, -0.1) is 0 Å². The number of aliphatic hydroxyl groups is 1. The normalized spacial score (nSPS) is 20.7. The van der Waals surface area contributed by atoms with Crippen molar-refractivity contribution in [3.05, 3.63) is 29.8 Å². The molecule has 1 fully saturated rings. The first-order valence-electron chi connectivity index (χ1n) is 7.72. The van der Waals surface area contributed by atoms with Gasteiger partial charge in [0.2, 0.25) is 0 Å². The predicted octanol–water partition coefficient (Wildman–Crippen LogP) is 2.42. The summed E-state index contributed by atoms with van der Waals surface area (Å²) < 4.78 is 5.69. The minimum absolute atomic E-state index is 0.206. The standard InChI is InChI=1S/C17H24N2O2/c1-14(20)16-4-2-9-19(13-16)10-3-11-21-17-7-5-15(12-18)6-8-17/h5-8,14,16,20H,2-4,9-11,13H2,1H3. The van der Waals surface area contributed by atoms with E-state index in [0.717, 1.165) is 38.2 Å². The van der Waals surface area contributed by atoms with Crippen LogP contribution in [0.25, 0.3) is 0 Å². The molecule has 0 radical (unpaired) electrons. The fourth-order valence-electron chi connectivity index (χ4n) is 2.79. The quantitative estimate of drug-likeness (QED) is 0.817. The van der Waals surface area contributed by atoms with E-state index in [1.165, 1.54) is 6.42 Å². The molecule has 1 aliphatic heterocycles. The molecule has 1 aromatic carbocycles. The molecule has 1 aliphatic rings. The summed E-state index contributed by atoms with van der Waals surface area (Å²) in [5, 5.41) is 18.4. The Morgan fingerprint density at radius 2 is 2.19 bits per heavy atom. The number of benzene rings is 1. The summed E-state index contributed by atoms with van der Waals surface area (Å²) in [6, 6.07) is 9.31. The Kier molecular flexibility index (Phi) is 6.04. The number of nitrogens with zero attached hydrogens (tertiary/aromatic N) is 2. The third kappa shape index (κ3) is 5.04. The van der Waals surface area contributed by atoms with Crippen molar-refractivity contribution in [1.82, 2.24) is 4.90 Å². The van der Waals surface area contributed by atoms with Crippen LogP contribution < -0.4 is 4.74 Å². The summed E-state index contributed by atoms with van der Waals surface area (Å²) in [5.41, 5.74) is 0.653. The van der Waals surface area contributed by atoms with Gasteiger partial charge in [0, 0.05) is 13.1 Å². The third-order valence-electron chi connectivity index (χ3n) is 4.10. The Balaban J connectivity index is 1.66. The maximum Gasteiger partial charge on any atom is 0.119 e. The molecule has 0 amide bonds. The Morgan fingerprint density at radius 1 is 1.43 bits per heavy atom. The van der Waals surface area contributed by atoms with Crippen molar-refractivity contribution >= 4 is 0 Å². The molecular formula is C17H24N2O2. The smallest absolute Gasteiger partial charge is 0.119 e. The molecule has 4 nitrogen and oxygen atoms in total. The predicted molar refractivity (Wildman–Crippen MR) is 82.1 cm³/mol. The summed E-state index contributed by atoms with van der Waals surface area (Å²) in [7, 11) is 0. The van der Waals surface area contributed by atoms with E-state index in [0.29, 0.717) is 18.1 Å². The molecule has 114 valence electrons. The highest BCUT2D eigenvalue weighted by Crippen LogP contribution is 2.19. The summed E-state index contributed by atoms with van der Waals surface area (Å²) >= 11 is 0. The highest BCUT2D eigenvalue weighted by Gasteiger charge is 2.22. The van der Waals surface area contributed by atoms with Crippen LogP contribution >= 0.6 is 0 Å². The second kappa shape index (κ2) is 8.02. The van der Waals surface area contributed by atoms with E-state index in [9.17, 15) is 5.11 Å². The number of ether oxygens (including phenoxy) is 1. The average molecular weight is 288 g/mol. The van der Waals surface area contributed by atoms with Crippen molar-refractivity contribution in [3.63, 3.8) is 0 Å². The molecule has 21 heavy (non-hydrogen) atoms. The van der Waals surface area contributed by atoms with Gasteiger partial charge in [-0.05, 0) is 62.9 Å². The second-order valence-corrected chi connectivity index (χ2v) is 5.78. The zero-order chi connectivity index (χ0) is 15.1. The molecule has 0 saturated carbocycles. The summed E-state index contributed by atoms with van der Waals surface area (Å²) in [6.07, 6.45) is 3.08. The first-order valence-corrected chi connectivity index (χ1v) is 7.72. The van der Waals surface area contributed by atoms with Crippen LogP contribution in [0.1, 0.15) is 31.7 Å². The van der Waals surface area contributed by atoms with Gasteiger partial charge < -0.3 is 14.7 Å². The Bertz CT molecular complexity index is 465. The molecule has 0 aromatic heterocycles. The van der Waals surface area contributed by atoms with Crippen LogP contribution in [0, 0.1) is 17.2 Å². The topological polar surface area (TPSA) is 56.5 Å². The van der Waals surface area contributed by atoms with E-state index in [-0.39, 0.29) is 6.10 Å². The largest absolute Gasteiger partial charge is 0.494 e. The minimum Gasteiger partial charge on any atom is -0.494 e. The average Bonchev–Trinajstić information content (AvgIpc) is 2.52. The lowest BCUT2D eigenvalue weighted by atomic mass is 9.93. The summed E-state index contributed by atoms with van der Waals surface area (Å²) in [5.74, 6) is 1.23. The van der Waals surface area contributed by atoms with Gasteiger partial charge >= 0.3 is 0 Å². The molecule has 2 rings (SSSR count). The van der Waals surface area contributed by atoms with Crippen LogP contribution in [0.4, 0.5) is 0 Å². The lowest BCUT2D eigenvalue weighted by Gasteiger charge is -2.34. The lowest BCUT2D eigenvalue weighted by Crippen LogP contribution is -2.40. The van der Waals surface area contributed by atoms with Crippen LogP contribution in [0.5, 0.6) is 5.75 Å². The van der Waals surface area contributed by atoms with Gasteiger partial charge in [0.15, 0.2) is 0 Å². The Labute approximate surface area is 127 Å². The van der Waals surface area contributed by atoms with E-state index in [1.54, 1.807) is 12.1 Å². The van der Waals surface area contributed by atoms with E-state index in [2.05, 4.69) is 11.0 Å². The number of rotatable bonds is 6. The third-order valence-corrected chi connectivity index (χ3v) is 4.10. The molecule has 1 heterocycles. The van der Waals surface area contributed by atoms with E-state index in [1.807, 2.05) is 19.1 Å². The lowest BCUT2D eigenvalue weighted by molar-refractivity contribution is 0.0609. The van der Waals surface area contributed by atoms with Crippen molar-refractivity contribution in [1.29, 1.82) is 5.26 Å². The van der Waals surface area contributed by atoms with Crippen LogP contribution in [0.2, 0.25) is 0 Å². The molecule has 0 spiro atoms. The highest BCUT2D eigenvalue weighted by atomic mass is 16.5. The zero-order valence-corrected chi connectivity index (χ0v) is 12.7. The first kappa shape index (κ1) is 15.8. The maximum absolute atomic E-state index is 9.68. The monoisotopic (exact) mass is 288 g/mol. The Morgan fingerprint density at radius 3 is 2.86 bits per heavy atom. The molecule has 1 saturated heterocycles. The molecule has 0 aliphatic carbocycles. The maximum atomic E-state index is 9.68. The molecule has 1 aromatic rings. The van der Waals surface area contributed by atoms with Gasteiger partial charge in [0.05, 0.1) is 24.3 Å². The first-order chi connectivity index (χ1) is 10.2. The van der Waals surface area contributed by atoms with Gasteiger partial charge in [-0.3, -0.25) is 0 Å². The molecular weight excluding hydrogens is 264 g/mol. The molecule has 4 heteroatoms. The molecule has 2 unspecified atom stereocenters. The van der Waals surface area contributed by atoms with Gasteiger partial charge in [-0.1, -0.05) is 0 Å². The Hall–Kier alpha value is -1.57. The van der Waals surface area contributed by atoms with Crippen LogP contribution in [-0.2, 0) is 0 Å². The van der Waals surface area contributed by atoms with Crippen molar-refractivity contribution in [2.24, 2.45) is 5.92 Å².